The van der Waals surface area contributed by atoms with Gasteiger partial charge in [0.25, 0.3) is 0 Å². The van der Waals surface area contributed by atoms with E-state index in [9.17, 15) is 19.5 Å². The molecule has 0 radical (unpaired) electrons. The van der Waals surface area contributed by atoms with E-state index >= 15 is 0 Å². The van der Waals surface area contributed by atoms with E-state index in [-0.39, 0.29) is 12.2 Å². The second kappa shape index (κ2) is 11.6. The smallest absolute Gasteiger partial charge is 0.243 e. The maximum Gasteiger partial charge on any atom is 0.243 e. The third kappa shape index (κ3) is 6.78. The van der Waals surface area contributed by atoms with E-state index in [0.717, 1.165) is 17.5 Å². The molecule has 0 saturated carbocycles. The van der Waals surface area contributed by atoms with E-state index in [2.05, 4.69) is 16.0 Å². The Morgan fingerprint density at radius 3 is 2.26 bits per heavy atom. The molecule has 4 N–H and O–H groups in total. The summed E-state index contributed by atoms with van der Waals surface area (Å²) >= 11 is 0. The molecule has 2 fully saturated rings. The van der Waals surface area contributed by atoms with Crippen LogP contribution in [0.5, 0.6) is 5.75 Å². The summed E-state index contributed by atoms with van der Waals surface area (Å²) in [6, 6.07) is 14.0. The quantitative estimate of drug-likeness (QED) is 0.327. The molecule has 38 heavy (non-hydrogen) atoms. The van der Waals surface area contributed by atoms with Crippen molar-refractivity contribution in [1.82, 2.24) is 16.0 Å². The van der Waals surface area contributed by atoms with Crippen LogP contribution in [0, 0.1) is 0 Å². The highest BCUT2D eigenvalue weighted by Gasteiger charge is 2.50. The lowest BCUT2D eigenvalue weighted by Crippen LogP contribution is -2.63. The molecule has 2 saturated heterocycles. The highest BCUT2D eigenvalue weighted by atomic mass is 16.6. The SMILES string of the molecule is COc1ccc(C[C@H](NC(=O)[C@@H]2NCCC[C@@]2(C)O)C(=O)N[C@@H](Cc2ccccc2)C(=O)[C@@]2(C)CO2)cc1. The van der Waals surface area contributed by atoms with E-state index in [4.69, 9.17) is 9.47 Å². The molecular formula is C29H37N3O6. The number of methoxy groups -OCH3 is 1. The Kier molecular flexibility index (Phi) is 8.50. The first kappa shape index (κ1) is 27.8. The molecule has 0 spiro atoms. The predicted octanol–water partition coefficient (Wildman–Crippen LogP) is 1.31. The Bertz CT molecular complexity index is 1130. The van der Waals surface area contributed by atoms with Gasteiger partial charge in [-0.25, -0.2) is 0 Å². The normalized spacial score (nSPS) is 26.1. The van der Waals surface area contributed by atoms with Gasteiger partial charge in [0.1, 0.15) is 23.4 Å². The third-order valence-corrected chi connectivity index (χ3v) is 7.34. The Morgan fingerprint density at radius 2 is 1.66 bits per heavy atom. The highest BCUT2D eigenvalue weighted by molar-refractivity contribution is 5.98. The summed E-state index contributed by atoms with van der Waals surface area (Å²) in [6.45, 7) is 4.23. The molecule has 0 bridgehead atoms. The van der Waals surface area contributed by atoms with Crippen molar-refractivity contribution in [2.45, 2.75) is 68.9 Å². The number of amides is 2. The topological polar surface area (TPSA) is 129 Å². The zero-order valence-corrected chi connectivity index (χ0v) is 22.2. The predicted molar refractivity (Wildman–Crippen MR) is 142 cm³/mol. The number of ether oxygens (including phenoxy) is 2. The minimum Gasteiger partial charge on any atom is -0.497 e. The van der Waals surface area contributed by atoms with Crippen LogP contribution in [-0.2, 0) is 32.0 Å². The van der Waals surface area contributed by atoms with Crippen LogP contribution >= 0.6 is 0 Å². The van der Waals surface area contributed by atoms with E-state index < -0.39 is 41.1 Å². The molecule has 2 amide bonds. The minimum absolute atomic E-state index is 0.191. The van der Waals surface area contributed by atoms with Crippen LogP contribution in [0.25, 0.3) is 0 Å². The largest absolute Gasteiger partial charge is 0.497 e. The van der Waals surface area contributed by atoms with Gasteiger partial charge >= 0.3 is 0 Å². The molecule has 5 atom stereocenters. The van der Waals surface area contributed by atoms with E-state index in [1.807, 2.05) is 42.5 Å². The fourth-order valence-corrected chi connectivity index (χ4v) is 4.84. The molecule has 9 heteroatoms. The Morgan fingerprint density at radius 1 is 1.03 bits per heavy atom. The van der Waals surface area contributed by atoms with Crippen LogP contribution in [0.1, 0.15) is 37.8 Å². The van der Waals surface area contributed by atoms with Gasteiger partial charge in [-0.05, 0) is 62.9 Å². The fourth-order valence-electron chi connectivity index (χ4n) is 4.84. The van der Waals surface area contributed by atoms with Crippen LogP contribution in [0.15, 0.2) is 54.6 Å². The van der Waals surface area contributed by atoms with Crippen molar-refractivity contribution in [2.24, 2.45) is 0 Å². The first-order chi connectivity index (χ1) is 18.1. The first-order valence-corrected chi connectivity index (χ1v) is 13.0. The van der Waals surface area contributed by atoms with E-state index in [1.54, 1.807) is 33.1 Å². The van der Waals surface area contributed by atoms with Crippen LogP contribution in [0.4, 0.5) is 0 Å². The number of hydrogen-bond donors (Lipinski definition) is 4. The number of piperidine rings is 1. The standard InChI is InChI=1S/C29H37N3O6/c1-28(36)14-7-15-30-24(28)27(35)32-23(17-20-10-12-21(37-3)13-11-20)26(34)31-22(25(33)29(2)18-38-29)16-19-8-5-4-6-9-19/h4-6,8-13,22-24,30,36H,7,14-18H2,1-3H3,(H,31,34)(H,32,35)/t22-,23-,24-,28+,29+/m0/s1. The van der Waals surface area contributed by atoms with Gasteiger partial charge in [0, 0.05) is 6.42 Å². The summed E-state index contributed by atoms with van der Waals surface area (Å²) in [5, 5.41) is 19.6. The lowest BCUT2D eigenvalue weighted by molar-refractivity contribution is -0.136. The van der Waals surface area contributed by atoms with Crippen molar-refractivity contribution in [1.29, 1.82) is 0 Å². The molecule has 0 aliphatic carbocycles. The van der Waals surface area contributed by atoms with E-state index in [0.29, 0.717) is 31.7 Å². The first-order valence-electron chi connectivity index (χ1n) is 13.0. The Labute approximate surface area is 223 Å². The number of ketones is 1. The number of epoxide rings is 1. The third-order valence-electron chi connectivity index (χ3n) is 7.34. The number of carbonyl (C=O) groups is 3. The number of benzene rings is 2. The molecule has 204 valence electrons. The molecule has 4 rings (SSSR count). The van der Waals surface area contributed by atoms with Gasteiger partial charge in [-0.3, -0.25) is 14.4 Å². The van der Waals surface area contributed by atoms with Gasteiger partial charge in [-0.1, -0.05) is 42.5 Å². The molecule has 0 aromatic heterocycles. The van der Waals surface area contributed by atoms with Crippen molar-refractivity contribution in [3.05, 3.63) is 65.7 Å². The van der Waals surface area contributed by atoms with Gasteiger partial charge in [-0.2, -0.15) is 0 Å². The lowest BCUT2D eigenvalue weighted by Gasteiger charge is -2.37. The molecular weight excluding hydrogens is 486 g/mol. The highest BCUT2D eigenvalue weighted by Crippen LogP contribution is 2.29. The van der Waals surface area contributed by atoms with Gasteiger partial charge in [-0.15, -0.1) is 0 Å². The van der Waals surface area contributed by atoms with Crippen molar-refractivity contribution >= 4 is 17.6 Å². The van der Waals surface area contributed by atoms with Crippen molar-refractivity contribution in [2.75, 3.05) is 20.3 Å². The van der Waals surface area contributed by atoms with Crippen molar-refractivity contribution in [3.8, 4) is 5.75 Å². The Hall–Kier alpha value is -3.27. The molecule has 2 aliphatic heterocycles. The molecule has 9 nitrogen and oxygen atoms in total. The maximum atomic E-state index is 13.7. The van der Waals surface area contributed by atoms with Crippen LogP contribution < -0.4 is 20.7 Å². The number of aliphatic hydroxyl groups is 1. The summed E-state index contributed by atoms with van der Waals surface area (Å²) in [6.07, 6.45) is 1.71. The van der Waals surface area contributed by atoms with Gasteiger partial charge in [0.05, 0.1) is 25.4 Å². The summed E-state index contributed by atoms with van der Waals surface area (Å²) in [4.78, 5) is 40.2. The van der Waals surface area contributed by atoms with Gasteiger partial charge < -0.3 is 30.5 Å². The van der Waals surface area contributed by atoms with Crippen LogP contribution in [-0.4, -0.2) is 72.3 Å². The molecule has 2 aromatic carbocycles. The zero-order valence-electron chi connectivity index (χ0n) is 22.2. The Balaban J connectivity index is 1.55. The maximum absolute atomic E-state index is 13.7. The summed E-state index contributed by atoms with van der Waals surface area (Å²) in [7, 11) is 1.57. The summed E-state index contributed by atoms with van der Waals surface area (Å²) < 4.78 is 10.6. The average Bonchev–Trinajstić information content (AvgIpc) is 3.66. The number of hydrogen-bond acceptors (Lipinski definition) is 7. The molecule has 0 unspecified atom stereocenters. The monoisotopic (exact) mass is 523 g/mol. The van der Waals surface area contributed by atoms with Crippen molar-refractivity contribution < 1.29 is 29.0 Å². The molecule has 2 aromatic rings. The van der Waals surface area contributed by atoms with E-state index in [1.165, 1.54) is 0 Å². The fraction of sp³-hybridized carbons (Fsp3) is 0.483. The average molecular weight is 524 g/mol. The lowest BCUT2D eigenvalue weighted by atomic mass is 9.87. The number of Topliss-reactive ketones (excluding diaryl/α,β-unsaturated/α-hetero) is 1. The summed E-state index contributed by atoms with van der Waals surface area (Å²) in [5.74, 6) is -0.483. The second-order valence-corrected chi connectivity index (χ2v) is 10.6. The number of nitrogens with one attached hydrogen (secondary N) is 3. The number of carbonyl (C=O) groups excluding carboxylic acids is 3. The molecule has 2 aliphatic rings. The van der Waals surface area contributed by atoms with Crippen molar-refractivity contribution in [3.63, 3.8) is 0 Å². The van der Waals surface area contributed by atoms with Crippen LogP contribution in [0.3, 0.4) is 0 Å². The van der Waals surface area contributed by atoms with Gasteiger partial charge in [0.15, 0.2) is 5.78 Å². The van der Waals surface area contributed by atoms with Crippen LogP contribution in [0.2, 0.25) is 0 Å². The second-order valence-electron chi connectivity index (χ2n) is 10.6. The molecule has 2 heterocycles. The minimum atomic E-state index is -1.24. The van der Waals surface area contributed by atoms with Gasteiger partial charge in [0.2, 0.25) is 11.8 Å². The number of rotatable bonds is 11. The zero-order chi connectivity index (χ0) is 27.3. The summed E-state index contributed by atoms with van der Waals surface area (Å²) in [5.41, 5.74) is -0.467.